The fourth-order valence-corrected chi connectivity index (χ4v) is 6.15. The van der Waals surface area contributed by atoms with Crippen LogP contribution in [-0.4, -0.2) is 44.4 Å². The average Bonchev–Trinajstić information content (AvgIpc) is 2.77. The summed E-state index contributed by atoms with van der Waals surface area (Å²) in [4.78, 5) is 31.0. The molecule has 2 bridgehead atoms. The first-order valence-corrected chi connectivity index (χ1v) is 12.2. The predicted molar refractivity (Wildman–Crippen MR) is 125 cm³/mol. The number of aromatic nitrogens is 5. The van der Waals surface area contributed by atoms with Crippen molar-refractivity contribution in [3.63, 3.8) is 0 Å². The largest absolute Gasteiger partial charge is 0.394 e. The Bertz CT molecular complexity index is 1420. The number of pyridine rings is 1. The molecule has 0 radical (unpaired) electrons. The van der Waals surface area contributed by atoms with Gasteiger partial charge in [-0.3, -0.25) is 4.79 Å². The summed E-state index contributed by atoms with van der Waals surface area (Å²) in [6, 6.07) is 3.25. The first-order valence-electron chi connectivity index (χ1n) is 12.2. The third-order valence-electron chi connectivity index (χ3n) is 8.29. The fourth-order valence-electron chi connectivity index (χ4n) is 6.15. The second kappa shape index (κ2) is 7.71. The summed E-state index contributed by atoms with van der Waals surface area (Å²) in [6.45, 7) is 4.17. The van der Waals surface area contributed by atoms with E-state index in [-0.39, 0.29) is 36.8 Å². The summed E-state index contributed by atoms with van der Waals surface area (Å²) < 4.78 is 48.2. The van der Waals surface area contributed by atoms with Gasteiger partial charge in [-0.2, -0.15) is 13.2 Å². The van der Waals surface area contributed by atoms with E-state index in [2.05, 4.69) is 15.4 Å². The van der Waals surface area contributed by atoms with Gasteiger partial charge in [-0.25, -0.2) is 24.6 Å². The number of ether oxygens (including phenoxy) is 1. The third kappa shape index (κ3) is 3.35. The number of rotatable bonds is 4. The van der Waals surface area contributed by atoms with Crippen LogP contribution in [0.25, 0.3) is 11.2 Å². The predicted octanol–water partition coefficient (Wildman–Crippen LogP) is 3.99. The quantitative estimate of drug-likeness (QED) is 0.579. The zero-order chi connectivity index (χ0) is 25.5. The molecule has 1 N–H and O–H groups in total. The van der Waals surface area contributed by atoms with Crippen molar-refractivity contribution >= 4 is 11.2 Å². The van der Waals surface area contributed by atoms with Crippen LogP contribution in [0.5, 0.6) is 0 Å². The smallest absolute Gasteiger partial charge is 0.373 e. The summed E-state index contributed by atoms with van der Waals surface area (Å²) in [7, 11) is 1.67. The molecule has 3 aliphatic carbocycles. The fraction of sp³-hybridized carbons (Fsp3) is 0.560. The van der Waals surface area contributed by atoms with Gasteiger partial charge in [0, 0.05) is 37.3 Å². The van der Waals surface area contributed by atoms with E-state index in [9.17, 15) is 18.0 Å². The molecular weight excluding hydrogens is 473 g/mol. The van der Waals surface area contributed by atoms with E-state index in [1.165, 1.54) is 10.7 Å². The molecule has 4 aliphatic rings. The molecule has 1 saturated heterocycles. The van der Waals surface area contributed by atoms with Gasteiger partial charge in [0.2, 0.25) is 0 Å². The first kappa shape index (κ1) is 23.3. The lowest BCUT2D eigenvalue weighted by Crippen LogP contribution is -2.70. The van der Waals surface area contributed by atoms with Crippen molar-refractivity contribution in [3.8, 4) is 0 Å². The third-order valence-corrected chi connectivity index (χ3v) is 8.29. The number of fused-ring (bicyclic) bond motifs is 1. The highest BCUT2D eigenvalue weighted by Crippen LogP contribution is 2.78. The molecule has 11 heteroatoms. The van der Waals surface area contributed by atoms with Crippen molar-refractivity contribution in [1.82, 2.24) is 24.6 Å². The SMILES string of the molecule is CNn1cc([C@H]2C[C@@H](c3nc(C45CC(C(F)(F)F)(C4)C5)c4nc(C)c(C)nc4n3)CCO2)ccc1=O. The Kier molecular flexibility index (Phi) is 4.99. The first-order chi connectivity index (χ1) is 17.0. The molecule has 7 rings (SSSR count). The molecule has 3 saturated carbocycles. The van der Waals surface area contributed by atoms with Gasteiger partial charge in [0.05, 0.1) is 28.6 Å². The molecule has 4 heterocycles. The van der Waals surface area contributed by atoms with Gasteiger partial charge in [0.25, 0.3) is 5.56 Å². The van der Waals surface area contributed by atoms with Crippen LogP contribution >= 0.6 is 0 Å². The number of nitrogens with one attached hydrogen (secondary N) is 1. The van der Waals surface area contributed by atoms with Crippen molar-refractivity contribution in [2.45, 2.75) is 69.6 Å². The maximum atomic E-state index is 13.6. The van der Waals surface area contributed by atoms with Crippen LogP contribution in [-0.2, 0) is 10.2 Å². The highest BCUT2D eigenvalue weighted by atomic mass is 19.4. The lowest BCUT2D eigenvalue weighted by atomic mass is 9.34. The molecule has 2 atom stereocenters. The minimum atomic E-state index is -4.20. The summed E-state index contributed by atoms with van der Waals surface area (Å²) in [5.41, 5.74) is 4.34. The molecule has 0 amide bonds. The number of nitrogens with zero attached hydrogens (tertiary/aromatic N) is 5. The van der Waals surface area contributed by atoms with Crippen molar-refractivity contribution < 1.29 is 17.9 Å². The Hall–Kier alpha value is -3.08. The van der Waals surface area contributed by atoms with Crippen LogP contribution in [0.4, 0.5) is 13.2 Å². The van der Waals surface area contributed by atoms with Crippen molar-refractivity contribution in [2.75, 3.05) is 19.1 Å². The van der Waals surface area contributed by atoms with Gasteiger partial charge in [-0.05, 0) is 57.6 Å². The highest BCUT2D eigenvalue weighted by molar-refractivity contribution is 5.75. The minimum absolute atomic E-state index is 0.0472. The van der Waals surface area contributed by atoms with Gasteiger partial charge in [-0.15, -0.1) is 0 Å². The number of hydrogen-bond donors (Lipinski definition) is 1. The molecule has 0 spiro atoms. The molecule has 3 aromatic heterocycles. The van der Waals surface area contributed by atoms with E-state index in [0.717, 1.165) is 17.0 Å². The standard InChI is InChI=1S/C25H27F3N6O2/c1-13-14(2)31-22-19(30-13)20(23-10-24(11-23,12-23)25(26,27)28)32-21(33-22)15-6-7-36-17(8-15)16-4-5-18(35)34(9-16)29-3/h4-5,9,15,17,29H,6-8,10-12H2,1-3H3/t15-,17+,23?,24?/m0/s1. The number of alkyl halides is 3. The van der Waals surface area contributed by atoms with E-state index in [0.29, 0.717) is 42.1 Å². The van der Waals surface area contributed by atoms with Crippen LogP contribution < -0.4 is 11.0 Å². The lowest BCUT2D eigenvalue weighted by Gasteiger charge is -2.70. The molecule has 4 fully saturated rings. The number of halogens is 3. The number of aryl methyl sites for hydroxylation is 2. The zero-order valence-corrected chi connectivity index (χ0v) is 20.3. The molecule has 8 nitrogen and oxygen atoms in total. The number of hydrogen-bond acceptors (Lipinski definition) is 7. The Morgan fingerprint density at radius 1 is 1.08 bits per heavy atom. The van der Waals surface area contributed by atoms with Gasteiger partial charge in [0.1, 0.15) is 11.3 Å². The van der Waals surface area contributed by atoms with Gasteiger partial charge in [-0.1, -0.05) is 0 Å². The van der Waals surface area contributed by atoms with Crippen LogP contribution in [0, 0.1) is 19.3 Å². The molecular formula is C25H27F3N6O2. The van der Waals surface area contributed by atoms with Crippen LogP contribution in [0.2, 0.25) is 0 Å². The van der Waals surface area contributed by atoms with Crippen LogP contribution in [0.3, 0.4) is 0 Å². The van der Waals surface area contributed by atoms with Gasteiger partial charge < -0.3 is 10.2 Å². The van der Waals surface area contributed by atoms with E-state index >= 15 is 0 Å². The Morgan fingerprint density at radius 2 is 1.81 bits per heavy atom. The Morgan fingerprint density at radius 3 is 2.50 bits per heavy atom. The zero-order valence-electron chi connectivity index (χ0n) is 20.3. The van der Waals surface area contributed by atoms with Crippen LogP contribution in [0.1, 0.15) is 72.6 Å². The van der Waals surface area contributed by atoms with E-state index in [1.54, 1.807) is 19.3 Å². The Labute approximate surface area is 205 Å². The molecule has 0 unspecified atom stereocenters. The van der Waals surface area contributed by atoms with Crippen molar-refractivity contribution in [1.29, 1.82) is 0 Å². The van der Waals surface area contributed by atoms with Crippen molar-refractivity contribution in [3.05, 3.63) is 57.2 Å². The maximum absolute atomic E-state index is 13.6. The summed E-state index contributed by atoms with van der Waals surface area (Å²) in [5, 5.41) is 0. The second-order valence-electron chi connectivity index (χ2n) is 10.6. The molecule has 3 aromatic rings. The van der Waals surface area contributed by atoms with Crippen LogP contribution in [0.15, 0.2) is 23.1 Å². The van der Waals surface area contributed by atoms with E-state index < -0.39 is 17.0 Å². The Balaban J connectivity index is 1.37. The summed E-state index contributed by atoms with van der Waals surface area (Å²) in [6.07, 6.45) is -1.33. The minimum Gasteiger partial charge on any atom is -0.373 e. The molecule has 0 aromatic carbocycles. The molecule has 1 aliphatic heterocycles. The normalized spacial score (nSPS) is 29.5. The van der Waals surface area contributed by atoms with Gasteiger partial charge >= 0.3 is 6.18 Å². The second-order valence-corrected chi connectivity index (χ2v) is 10.6. The topological polar surface area (TPSA) is 94.8 Å². The highest BCUT2D eigenvalue weighted by Gasteiger charge is 2.79. The monoisotopic (exact) mass is 500 g/mol. The average molecular weight is 501 g/mol. The molecule has 36 heavy (non-hydrogen) atoms. The lowest BCUT2D eigenvalue weighted by molar-refractivity contribution is -0.337. The van der Waals surface area contributed by atoms with E-state index in [4.69, 9.17) is 14.7 Å². The summed E-state index contributed by atoms with van der Waals surface area (Å²) in [5.74, 6) is 0.519. The maximum Gasteiger partial charge on any atom is 0.394 e. The van der Waals surface area contributed by atoms with E-state index in [1.807, 2.05) is 13.8 Å². The summed E-state index contributed by atoms with van der Waals surface area (Å²) >= 11 is 0. The molecule has 190 valence electrons. The van der Waals surface area contributed by atoms with Gasteiger partial charge in [0.15, 0.2) is 5.65 Å². The van der Waals surface area contributed by atoms with Crippen molar-refractivity contribution in [2.24, 2.45) is 5.41 Å².